The van der Waals surface area contributed by atoms with E-state index in [9.17, 15) is 9.59 Å². The number of hydrogen-bond donors (Lipinski definition) is 1. The zero-order valence-electron chi connectivity index (χ0n) is 20.6. The fourth-order valence-corrected chi connectivity index (χ4v) is 5.67. The molecule has 2 aromatic heterocycles. The van der Waals surface area contributed by atoms with E-state index >= 15 is 0 Å². The zero-order chi connectivity index (χ0) is 25.4. The van der Waals surface area contributed by atoms with Crippen molar-refractivity contribution in [2.24, 2.45) is 4.99 Å². The van der Waals surface area contributed by atoms with Crippen molar-refractivity contribution in [3.05, 3.63) is 114 Å². The van der Waals surface area contributed by atoms with Crippen LogP contribution in [0.3, 0.4) is 0 Å². The molecule has 2 aromatic carbocycles. The average molecular weight is 498 g/mol. The minimum atomic E-state index is -0.589. The highest BCUT2D eigenvalue weighted by atomic mass is 32.1. The van der Waals surface area contributed by atoms with Crippen molar-refractivity contribution in [1.82, 2.24) is 14.3 Å². The SMILES string of the molecule is CCn1nc(C)c(C=c2sc3n(c2=O)C(c2ccccc2)C(C(=O)Nc2ccccc2)=C(C)N=3)c1C. The fourth-order valence-electron chi connectivity index (χ4n) is 4.64. The Hall–Kier alpha value is -4.04. The first-order valence-electron chi connectivity index (χ1n) is 11.9. The predicted octanol–water partition coefficient (Wildman–Crippen LogP) is 3.71. The molecule has 3 heterocycles. The zero-order valence-corrected chi connectivity index (χ0v) is 21.5. The number of allylic oxidation sites excluding steroid dienone is 1. The first-order chi connectivity index (χ1) is 17.4. The molecule has 1 aliphatic rings. The quantitative estimate of drug-likeness (QED) is 0.457. The van der Waals surface area contributed by atoms with Crippen LogP contribution in [-0.2, 0) is 11.3 Å². The molecule has 0 spiro atoms. The Balaban J connectivity index is 1.68. The molecule has 0 radical (unpaired) electrons. The summed E-state index contributed by atoms with van der Waals surface area (Å²) in [5, 5.41) is 7.56. The maximum Gasteiger partial charge on any atom is 0.271 e. The Morgan fingerprint density at radius 2 is 1.72 bits per heavy atom. The minimum Gasteiger partial charge on any atom is -0.322 e. The first kappa shape index (κ1) is 23.7. The number of rotatable bonds is 5. The van der Waals surface area contributed by atoms with Crippen LogP contribution in [0.5, 0.6) is 0 Å². The largest absolute Gasteiger partial charge is 0.322 e. The third kappa shape index (κ3) is 4.13. The third-order valence-electron chi connectivity index (χ3n) is 6.43. The molecule has 0 saturated carbocycles. The summed E-state index contributed by atoms with van der Waals surface area (Å²) in [5.41, 5.74) is 5.24. The highest BCUT2D eigenvalue weighted by molar-refractivity contribution is 7.07. The number of para-hydroxylation sites is 1. The predicted molar refractivity (Wildman–Crippen MR) is 143 cm³/mol. The Morgan fingerprint density at radius 3 is 2.36 bits per heavy atom. The summed E-state index contributed by atoms with van der Waals surface area (Å²) in [6, 6.07) is 18.3. The smallest absolute Gasteiger partial charge is 0.271 e. The summed E-state index contributed by atoms with van der Waals surface area (Å²) in [4.78, 5) is 32.7. The summed E-state index contributed by atoms with van der Waals surface area (Å²) in [7, 11) is 0. The molecule has 8 heteroatoms. The van der Waals surface area contributed by atoms with Gasteiger partial charge >= 0.3 is 0 Å². The molecule has 1 aliphatic heterocycles. The second-order valence-corrected chi connectivity index (χ2v) is 9.72. The second kappa shape index (κ2) is 9.54. The molecule has 0 fully saturated rings. The molecule has 4 aromatic rings. The van der Waals surface area contributed by atoms with Crippen molar-refractivity contribution in [1.29, 1.82) is 0 Å². The highest BCUT2D eigenvalue weighted by Crippen LogP contribution is 2.30. The number of amides is 1. The van der Waals surface area contributed by atoms with E-state index in [2.05, 4.69) is 10.4 Å². The number of thiazole rings is 1. The lowest BCUT2D eigenvalue weighted by Gasteiger charge is -2.25. The van der Waals surface area contributed by atoms with E-state index in [0.29, 0.717) is 26.3 Å². The molecule has 5 rings (SSSR count). The van der Waals surface area contributed by atoms with Crippen molar-refractivity contribution < 1.29 is 4.79 Å². The van der Waals surface area contributed by atoms with Gasteiger partial charge in [-0.1, -0.05) is 59.9 Å². The molecule has 1 atom stereocenters. The van der Waals surface area contributed by atoms with Gasteiger partial charge in [0.25, 0.3) is 11.5 Å². The molecule has 0 bridgehead atoms. The average Bonchev–Trinajstić information content (AvgIpc) is 3.34. The third-order valence-corrected chi connectivity index (χ3v) is 7.41. The molecule has 182 valence electrons. The summed E-state index contributed by atoms with van der Waals surface area (Å²) >= 11 is 1.34. The number of aromatic nitrogens is 3. The number of carbonyl (C=O) groups excluding carboxylic acids is 1. The van der Waals surface area contributed by atoms with Gasteiger partial charge in [0, 0.05) is 23.5 Å². The van der Waals surface area contributed by atoms with Gasteiger partial charge in [0.1, 0.15) is 0 Å². The van der Waals surface area contributed by atoms with E-state index in [1.54, 1.807) is 4.57 Å². The van der Waals surface area contributed by atoms with Gasteiger partial charge in [0.2, 0.25) is 0 Å². The number of nitrogens with zero attached hydrogens (tertiary/aromatic N) is 4. The Kier molecular flexibility index (Phi) is 6.28. The topological polar surface area (TPSA) is 81.3 Å². The first-order valence-corrected chi connectivity index (χ1v) is 12.7. The standard InChI is InChI=1S/C28H27N5O2S/c1-5-32-19(4)22(17(2)31-32)16-23-27(35)33-25(20-12-8-6-9-13-20)24(18(3)29-28(33)36-23)26(34)30-21-14-10-7-11-15-21/h6-16,25H,5H2,1-4H3,(H,30,34). The number of carbonyl (C=O) groups is 1. The van der Waals surface area contributed by atoms with Gasteiger partial charge in [-0.2, -0.15) is 5.10 Å². The van der Waals surface area contributed by atoms with Crippen LogP contribution in [0.1, 0.15) is 42.4 Å². The van der Waals surface area contributed by atoms with Crippen molar-refractivity contribution in [3.63, 3.8) is 0 Å². The normalized spacial score (nSPS) is 15.6. The Morgan fingerprint density at radius 1 is 1.06 bits per heavy atom. The molecule has 1 N–H and O–H groups in total. The van der Waals surface area contributed by atoms with E-state index in [0.717, 1.165) is 29.1 Å². The fraction of sp³-hybridized carbons (Fsp3) is 0.214. The van der Waals surface area contributed by atoms with Crippen LogP contribution in [0.15, 0.2) is 81.7 Å². The van der Waals surface area contributed by atoms with Crippen LogP contribution in [0, 0.1) is 13.8 Å². The van der Waals surface area contributed by atoms with Crippen molar-refractivity contribution in [3.8, 4) is 0 Å². The van der Waals surface area contributed by atoms with Gasteiger partial charge in [0.05, 0.1) is 27.5 Å². The van der Waals surface area contributed by atoms with Crippen LogP contribution in [0.25, 0.3) is 6.08 Å². The summed E-state index contributed by atoms with van der Waals surface area (Å²) in [5.74, 6) is -0.276. The summed E-state index contributed by atoms with van der Waals surface area (Å²) in [6.45, 7) is 8.59. The molecule has 0 aliphatic carbocycles. The van der Waals surface area contributed by atoms with Gasteiger partial charge in [0.15, 0.2) is 4.80 Å². The van der Waals surface area contributed by atoms with Crippen molar-refractivity contribution >= 4 is 29.0 Å². The van der Waals surface area contributed by atoms with E-state index in [1.807, 2.05) is 99.1 Å². The second-order valence-electron chi connectivity index (χ2n) is 8.71. The molecular formula is C28H27N5O2S. The van der Waals surface area contributed by atoms with Gasteiger partial charge in [-0.15, -0.1) is 0 Å². The van der Waals surface area contributed by atoms with Gasteiger partial charge in [-0.3, -0.25) is 18.8 Å². The molecule has 1 amide bonds. The lowest BCUT2D eigenvalue weighted by molar-refractivity contribution is -0.113. The molecule has 0 saturated heterocycles. The van der Waals surface area contributed by atoms with E-state index in [-0.39, 0.29) is 11.5 Å². The van der Waals surface area contributed by atoms with Crippen LogP contribution in [-0.4, -0.2) is 20.3 Å². The van der Waals surface area contributed by atoms with E-state index < -0.39 is 6.04 Å². The number of aryl methyl sites for hydroxylation is 2. The number of fused-ring (bicyclic) bond motifs is 1. The maximum atomic E-state index is 13.8. The van der Waals surface area contributed by atoms with E-state index in [1.165, 1.54) is 11.3 Å². The number of benzene rings is 2. The minimum absolute atomic E-state index is 0.173. The lowest BCUT2D eigenvalue weighted by atomic mass is 9.95. The lowest BCUT2D eigenvalue weighted by Crippen LogP contribution is -2.40. The maximum absolute atomic E-state index is 13.8. The number of anilines is 1. The van der Waals surface area contributed by atoms with Gasteiger partial charge in [-0.05, 0) is 51.5 Å². The monoisotopic (exact) mass is 497 g/mol. The van der Waals surface area contributed by atoms with Crippen LogP contribution in [0.2, 0.25) is 0 Å². The summed E-state index contributed by atoms with van der Waals surface area (Å²) < 4.78 is 4.14. The van der Waals surface area contributed by atoms with Gasteiger partial charge in [-0.25, -0.2) is 4.99 Å². The molecule has 1 unspecified atom stereocenters. The van der Waals surface area contributed by atoms with Crippen molar-refractivity contribution in [2.75, 3.05) is 5.32 Å². The van der Waals surface area contributed by atoms with Crippen molar-refractivity contribution in [2.45, 2.75) is 40.3 Å². The molecular weight excluding hydrogens is 470 g/mol. The van der Waals surface area contributed by atoms with E-state index in [4.69, 9.17) is 4.99 Å². The highest BCUT2D eigenvalue weighted by Gasteiger charge is 2.32. The Labute approximate surface area is 212 Å². The van der Waals surface area contributed by atoms with Crippen LogP contribution in [0.4, 0.5) is 5.69 Å². The Bertz CT molecular complexity index is 1660. The summed E-state index contributed by atoms with van der Waals surface area (Å²) in [6.07, 6.45) is 1.90. The van der Waals surface area contributed by atoms with Crippen LogP contribution >= 0.6 is 11.3 Å². The van der Waals surface area contributed by atoms with Gasteiger partial charge < -0.3 is 5.32 Å². The van der Waals surface area contributed by atoms with Crippen LogP contribution < -0.4 is 20.2 Å². The molecule has 7 nitrogen and oxygen atoms in total. The number of hydrogen-bond acceptors (Lipinski definition) is 5. The number of nitrogens with one attached hydrogen (secondary N) is 1. The molecule has 36 heavy (non-hydrogen) atoms.